The van der Waals surface area contributed by atoms with Crippen LogP contribution in [0.3, 0.4) is 0 Å². The summed E-state index contributed by atoms with van der Waals surface area (Å²) in [6.07, 6.45) is 0. The van der Waals surface area contributed by atoms with Gasteiger partial charge in [-0.1, -0.05) is 24.3 Å². The summed E-state index contributed by atoms with van der Waals surface area (Å²) in [5.74, 6) is -0.646. The predicted octanol–water partition coefficient (Wildman–Crippen LogP) is 2.20. The maximum atomic E-state index is 13.3. The number of carbonyl (C=O) groups excluding carboxylic acids is 2. The Balaban J connectivity index is 1.33. The zero-order valence-corrected chi connectivity index (χ0v) is 14.4. The van der Waals surface area contributed by atoms with Crippen LogP contribution in [0.4, 0.5) is 4.39 Å². The lowest BCUT2D eigenvalue weighted by Gasteiger charge is -2.36. The monoisotopic (exact) mass is 353 g/mol. The van der Waals surface area contributed by atoms with Gasteiger partial charge in [-0.25, -0.2) is 4.39 Å². The minimum Gasteiger partial charge on any atom is -0.297 e. The fourth-order valence-corrected chi connectivity index (χ4v) is 3.55. The van der Waals surface area contributed by atoms with Gasteiger partial charge in [0.25, 0.3) is 11.8 Å². The van der Waals surface area contributed by atoms with Gasteiger partial charge in [0.2, 0.25) is 0 Å². The topological polar surface area (TPSA) is 43.9 Å². The highest BCUT2D eigenvalue weighted by Gasteiger charge is 2.36. The molecule has 2 aromatic carbocycles. The van der Waals surface area contributed by atoms with Crippen LogP contribution in [0.2, 0.25) is 0 Å². The van der Waals surface area contributed by atoms with E-state index in [1.54, 1.807) is 36.4 Å². The van der Waals surface area contributed by atoms with Crippen molar-refractivity contribution in [2.24, 2.45) is 0 Å². The number of halogens is 1. The Kier molecular flexibility index (Phi) is 4.53. The van der Waals surface area contributed by atoms with Gasteiger partial charge in [-0.15, -0.1) is 0 Å². The molecule has 5 nitrogen and oxygen atoms in total. The maximum absolute atomic E-state index is 13.3. The number of nitrogens with zero attached hydrogens (tertiary/aromatic N) is 3. The van der Waals surface area contributed by atoms with Crippen LogP contribution in [0.1, 0.15) is 26.3 Å². The number of amides is 2. The van der Waals surface area contributed by atoms with Crippen molar-refractivity contribution in [3.63, 3.8) is 0 Å². The van der Waals surface area contributed by atoms with Crippen LogP contribution >= 0.6 is 0 Å². The van der Waals surface area contributed by atoms with Crippen LogP contribution in [0.25, 0.3) is 0 Å². The highest BCUT2D eigenvalue weighted by atomic mass is 19.1. The molecule has 1 saturated heterocycles. The first-order valence-corrected chi connectivity index (χ1v) is 8.76. The summed E-state index contributed by atoms with van der Waals surface area (Å²) in [4.78, 5) is 30.6. The number of benzene rings is 2. The summed E-state index contributed by atoms with van der Waals surface area (Å²) in [6, 6.07) is 13.6. The lowest BCUT2D eigenvalue weighted by molar-refractivity contribution is 0.0447. The third kappa shape index (κ3) is 3.25. The standard InChI is InChI=1S/C20H20FN3O2/c21-16-5-3-4-15(12-16)13-22-8-10-23(11-9-22)14-24-19(25)17-6-1-2-7-18(17)20(24)26/h1-7,12H,8-11,13-14H2. The van der Waals surface area contributed by atoms with Crippen LogP contribution in [-0.4, -0.2) is 59.4 Å². The van der Waals surface area contributed by atoms with E-state index in [2.05, 4.69) is 9.80 Å². The van der Waals surface area contributed by atoms with E-state index in [4.69, 9.17) is 0 Å². The Bertz CT molecular complexity index is 811. The first kappa shape index (κ1) is 16.9. The Morgan fingerprint density at radius 3 is 2.04 bits per heavy atom. The van der Waals surface area contributed by atoms with Gasteiger partial charge in [0.05, 0.1) is 17.8 Å². The van der Waals surface area contributed by atoms with E-state index in [0.29, 0.717) is 24.3 Å². The molecule has 0 bridgehead atoms. The number of hydrogen-bond donors (Lipinski definition) is 0. The molecule has 2 amide bonds. The molecule has 1 fully saturated rings. The Hall–Kier alpha value is -2.57. The number of fused-ring (bicyclic) bond motifs is 1. The van der Waals surface area contributed by atoms with Crippen molar-refractivity contribution >= 4 is 11.8 Å². The van der Waals surface area contributed by atoms with Gasteiger partial charge in [-0.05, 0) is 29.8 Å². The van der Waals surface area contributed by atoms with Gasteiger partial charge in [0, 0.05) is 32.7 Å². The number of piperazine rings is 1. The minimum absolute atomic E-state index is 0.215. The lowest BCUT2D eigenvalue weighted by atomic mass is 10.1. The third-order valence-corrected chi connectivity index (χ3v) is 4.98. The quantitative estimate of drug-likeness (QED) is 0.791. The second kappa shape index (κ2) is 6.97. The number of carbonyl (C=O) groups is 2. The fourth-order valence-electron chi connectivity index (χ4n) is 3.55. The second-order valence-corrected chi connectivity index (χ2v) is 6.75. The van der Waals surface area contributed by atoms with Crippen LogP contribution in [0.5, 0.6) is 0 Å². The molecule has 2 heterocycles. The molecule has 0 aliphatic carbocycles. The molecule has 0 N–H and O–H groups in total. The summed E-state index contributed by atoms with van der Waals surface area (Å²) in [6.45, 7) is 4.20. The van der Waals surface area contributed by atoms with Crippen molar-refractivity contribution in [1.82, 2.24) is 14.7 Å². The SMILES string of the molecule is O=C1c2ccccc2C(=O)N1CN1CCN(Cc2cccc(F)c2)CC1. The van der Waals surface area contributed by atoms with E-state index in [9.17, 15) is 14.0 Å². The summed E-state index contributed by atoms with van der Waals surface area (Å²) >= 11 is 0. The average molecular weight is 353 g/mol. The average Bonchev–Trinajstić information content (AvgIpc) is 2.89. The Morgan fingerprint density at radius 1 is 0.808 bits per heavy atom. The Morgan fingerprint density at radius 2 is 1.42 bits per heavy atom. The summed E-state index contributed by atoms with van der Waals surface area (Å²) in [5.41, 5.74) is 1.93. The van der Waals surface area contributed by atoms with Crippen LogP contribution in [-0.2, 0) is 6.54 Å². The van der Waals surface area contributed by atoms with Gasteiger partial charge in [-0.2, -0.15) is 0 Å². The molecule has 6 heteroatoms. The number of hydrogen-bond acceptors (Lipinski definition) is 4. The molecule has 0 radical (unpaired) electrons. The molecule has 26 heavy (non-hydrogen) atoms. The van der Waals surface area contributed by atoms with E-state index < -0.39 is 0 Å². The fraction of sp³-hybridized carbons (Fsp3) is 0.300. The molecule has 2 aliphatic rings. The van der Waals surface area contributed by atoms with E-state index in [1.165, 1.54) is 11.0 Å². The van der Waals surface area contributed by atoms with Gasteiger partial charge in [0.1, 0.15) is 5.82 Å². The zero-order valence-electron chi connectivity index (χ0n) is 14.4. The molecule has 0 aromatic heterocycles. The molecule has 2 aliphatic heterocycles. The highest BCUT2D eigenvalue weighted by Crippen LogP contribution is 2.23. The van der Waals surface area contributed by atoms with E-state index in [0.717, 1.165) is 31.7 Å². The predicted molar refractivity (Wildman–Crippen MR) is 95.1 cm³/mol. The zero-order chi connectivity index (χ0) is 18.1. The van der Waals surface area contributed by atoms with Gasteiger partial charge in [0.15, 0.2) is 0 Å². The van der Waals surface area contributed by atoms with Crippen molar-refractivity contribution in [3.8, 4) is 0 Å². The second-order valence-electron chi connectivity index (χ2n) is 6.75. The van der Waals surface area contributed by atoms with Crippen molar-refractivity contribution in [1.29, 1.82) is 0 Å². The third-order valence-electron chi connectivity index (χ3n) is 4.98. The molecule has 0 atom stereocenters. The van der Waals surface area contributed by atoms with Crippen LogP contribution in [0.15, 0.2) is 48.5 Å². The maximum Gasteiger partial charge on any atom is 0.262 e. The number of rotatable bonds is 4. The molecular weight excluding hydrogens is 333 g/mol. The van der Waals surface area contributed by atoms with E-state index >= 15 is 0 Å². The lowest BCUT2D eigenvalue weighted by Crippen LogP contribution is -2.50. The van der Waals surface area contributed by atoms with Crippen molar-refractivity contribution in [2.45, 2.75) is 6.54 Å². The molecule has 134 valence electrons. The molecule has 4 rings (SSSR count). The minimum atomic E-state index is -0.216. The van der Waals surface area contributed by atoms with Gasteiger partial charge < -0.3 is 0 Å². The van der Waals surface area contributed by atoms with Gasteiger partial charge >= 0.3 is 0 Å². The Labute approximate surface area is 151 Å². The summed E-state index contributed by atoms with van der Waals surface area (Å²) < 4.78 is 13.3. The van der Waals surface area contributed by atoms with E-state index in [1.807, 2.05) is 6.07 Å². The van der Waals surface area contributed by atoms with Crippen molar-refractivity contribution in [2.75, 3.05) is 32.8 Å². The molecule has 2 aromatic rings. The molecule has 0 unspecified atom stereocenters. The summed E-state index contributed by atoms with van der Waals surface area (Å²) in [5, 5.41) is 0. The first-order valence-electron chi connectivity index (χ1n) is 8.76. The smallest absolute Gasteiger partial charge is 0.262 e. The molecular formula is C20H20FN3O2. The summed E-state index contributed by atoms with van der Waals surface area (Å²) in [7, 11) is 0. The largest absolute Gasteiger partial charge is 0.297 e. The van der Waals surface area contributed by atoms with Gasteiger partial charge in [-0.3, -0.25) is 24.3 Å². The number of imide groups is 1. The highest BCUT2D eigenvalue weighted by molar-refractivity contribution is 6.21. The van der Waals surface area contributed by atoms with Crippen LogP contribution < -0.4 is 0 Å². The van der Waals surface area contributed by atoms with Crippen LogP contribution in [0, 0.1) is 5.82 Å². The van der Waals surface area contributed by atoms with Crippen molar-refractivity contribution in [3.05, 3.63) is 71.0 Å². The molecule has 0 spiro atoms. The first-order chi connectivity index (χ1) is 12.6. The normalized spacial score (nSPS) is 18.4. The van der Waals surface area contributed by atoms with Crippen molar-refractivity contribution < 1.29 is 14.0 Å². The van der Waals surface area contributed by atoms with E-state index in [-0.39, 0.29) is 17.6 Å². The molecule has 0 saturated carbocycles.